The van der Waals surface area contributed by atoms with E-state index in [1.54, 1.807) is 0 Å². The molecule has 0 aromatic rings. The van der Waals surface area contributed by atoms with E-state index in [-0.39, 0.29) is 6.42 Å². The first-order valence-corrected chi connectivity index (χ1v) is 3.95. The van der Waals surface area contributed by atoms with Crippen LogP contribution in [-0.2, 0) is 19.1 Å². The average molecular weight is 204 g/mol. The van der Waals surface area contributed by atoms with Gasteiger partial charge in [-0.2, -0.15) is 0 Å². The van der Waals surface area contributed by atoms with Crippen molar-refractivity contribution in [2.24, 2.45) is 0 Å². The molecular weight excluding hydrogens is 192 g/mol. The Labute approximate surface area is 80.5 Å². The molecule has 2 N–H and O–H groups in total. The highest BCUT2D eigenvalue weighted by molar-refractivity contribution is 6.01. The molecular formula is C8H12O6. The average Bonchev–Trinajstić information content (AvgIpc) is 1.97. The molecule has 6 nitrogen and oxygen atoms in total. The van der Waals surface area contributed by atoms with Gasteiger partial charge in [0.25, 0.3) is 6.10 Å². The number of ether oxygens (including phenoxy) is 1. The van der Waals surface area contributed by atoms with Gasteiger partial charge in [0.05, 0.1) is 12.5 Å². The van der Waals surface area contributed by atoms with Crippen molar-refractivity contribution in [2.45, 2.75) is 32.5 Å². The number of aliphatic hydroxyl groups excluding tert-OH is 1. The molecule has 0 aliphatic carbocycles. The molecule has 0 saturated heterocycles. The molecule has 2 unspecified atom stereocenters. The minimum absolute atomic E-state index is 0.336. The minimum atomic E-state index is -1.78. The molecule has 0 heterocycles. The van der Waals surface area contributed by atoms with Crippen LogP contribution in [0.3, 0.4) is 0 Å². The van der Waals surface area contributed by atoms with Crippen LogP contribution in [0.2, 0.25) is 0 Å². The van der Waals surface area contributed by atoms with Crippen LogP contribution in [0.15, 0.2) is 0 Å². The number of carboxylic acid groups (broad SMARTS) is 1. The zero-order valence-corrected chi connectivity index (χ0v) is 7.89. The highest BCUT2D eigenvalue weighted by Gasteiger charge is 2.27. The fourth-order valence-corrected chi connectivity index (χ4v) is 0.728. The number of ketones is 1. The van der Waals surface area contributed by atoms with Crippen molar-refractivity contribution in [3.63, 3.8) is 0 Å². The van der Waals surface area contributed by atoms with Crippen molar-refractivity contribution in [1.29, 1.82) is 0 Å². The van der Waals surface area contributed by atoms with Crippen molar-refractivity contribution < 1.29 is 29.3 Å². The summed E-state index contributed by atoms with van der Waals surface area (Å²) in [5.74, 6) is -3.20. The Morgan fingerprint density at radius 3 is 2.14 bits per heavy atom. The van der Waals surface area contributed by atoms with Gasteiger partial charge in [-0.05, 0) is 13.8 Å². The summed E-state index contributed by atoms with van der Waals surface area (Å²) in [4.78, 5) is 32.0. The molecule has 2 atom stereocenters. The molecule has 0 fully saturated rings. The van der Waals surface area contributed by atoms with Crippen molar-refractivity contribution >= 4 is 17.7 Å². The van der Waals surface area contributed by atoms with Gasteiger partial charge in [-0.1, -0.05) is 0 Å². The fourth-order valence-electron chi connectivity index (χ4n) is 0.728. The van der Waals surface area contributed by atoms with Gasteiger partial charge >= 0.3 is 11.9 Å². The highest BCUT2D eigenvalue weighted by atomic mass is 16.6. The second-order valence-corrected chi connectivity index (χ2v) is 2.87. The van der Waals surface area contributed by atoms with Gasteiger partial charge < -0.3 is 14.9 Å². The van der Waals surface area contributed by atoms with Crippen molar-refractivity contribution in [3.8, 4) is 0 Å². The van der Waals surface area contributed by atoms with Crippen LogP contribution in [0, 0.1) is 0 Å². The summed E-state index contributed by atoms with van der Waals surface area (Å²) in [6.07, 6.45) is -3.04. The number of hydrogen-bond acceptors (Lipinski definition) is 5. The number of carboxylic acids is 1. The fraction of sp³-hybridized carbons (Fsp3) is 0.625. The van der Waals surface area contributed by atoms with Crippen molar-refractivity contribution in [3.05, 3.63) is 0 Å². The Morgan fingerprint density at radius 2 is 1.86 bits per heavy atom. The zero-order chi connectivity index (χ0) is 11.3. The number of aliphatic hydroxyl groups is 1. The van der Waals surface area contributed by atoms with Crippen LogP contribution in [0.1, 0.15) is 20.3 Å². The first-order chi connectivity index (χ1) is 6.34. The Hall–Kier alpha value is -1.43. The molecule has 0 amide bonds. The molecule has 0 aliphatic rings. The summed E-state index contributed by atoms with van der Waals surface area (Å²) in [5.41, 5.74) is 0. The molecule has 0 spiro atoms. The summed E-state index contributed by atoms with van der Waals surface area (Å²) >= 11 is 0. The number of aliphatic carboxylic acids is 1. The molecule has 14 heavy (non-hydrogen) atoms. The van der Waals surface area contributed by atoms with Crippen LogP contribution in [0.4, 0.5) is 0 Å². The maximum absolute atomic E-state index is 10.9. The third-order valence-corrected chi connectivity index (χ3v) is 1.30. The Bertz CT molecular complexity index is 230. The maximum atomic E-state index is 10.9. The van der Waals surface area contributed by atoms with E-state index in [2.05, 4.69) is 4.74 Å². The van der Waals surface area contributed by atoms with Gasteiger partial charge in [0, 0.05) is 0 Å². The molecule has 0 rings (SSSR count). The number of esters is 1. The summed E-state index contributed by atoms with van der Waals surface area (Å²) < 4.78 is 4.34. The smallest absolute Gasteiger partial charge is 0.352 e. The molecule has 0 aliphatic heterocycles. The van der Waals surface area contributed by atoms with Gasteiger partial charge in [0.15, 0.2) is 5.78 Å². The van der Waals surface area contributed by atoms with Gasteiger partial charge in [0.2, 0.25) is 0 Å². The SMILES string of the molecule is CC(=O)C(OC(=O)CC(C)O)C(=O)O. The van der Waals surface area contributed by atoms with E-state index in [1.165, 1.54) is 6.92 Å². The normalized spacial score (nSPS) is 14.2. The number of rotatable bonds is 5. The summed E-state index contributed by atoms with van der Waals surface area (Å²) in [5, 5.41) is 17.2. The van der Waals surface area contributed by atoms with Crippen molar-refractivity contribution in [1.82, 2.24) is 0 Å². The molecule has 80 valence electrons. The number of carbonyl (C=O) groups is 3. The monoisotopic (exact) mass is 204 g/mol. The van der Waals surface area contributed by atoms with Gasteiger partial charge in [-0.15, -0.1) is 0 Å². The van der Waals surface area contributed by atoms with Crippen LogP contribution in [0.25, 0.3) is 0 Å². The molecule has 6 heteroatoms. The van der Waals surface area contributed by atoms with Gasteiger partial charge in [-0.3, -0.25) is 9.59 Å². The summed E-state index contributed by atoms with van der Waals surface area (Å²) in [7, 11) is 0. The maximum Gasteiger partial charge on any atom is 0.352 e. The van der Waals surface area contributed by atoms with E-state index in [1.807, 2.05) is 0 Å². The lowest BCUT2D eigenvalue weighted by molar-refractivity contribution is -0.168. The van der Waals surface area contributed by atoms with E-state index in [9.17, 15) is 14.4 Å². The van der Waals surface area contributed by atoms with E-state index >= 15 is 0 Å². The number of Topliss-reactive ketones (excluding diaryl/α,β-unsaturated/α-hetero) is 1. The van der Waals surface area contributed by atoms with Crippen LogP contribution in [-0.4, -0.2) is 40.1 Å². The van der Waals surface area contributed by atoms with Gasteiger partial charge in [-0.25, -0.2) is 4.79 Å². The second-order valence-electron chi connectivity index (χ2n) is 2.87. The molecule has 0 radical (unpaired) electrons. The highest BCUT2D eigenvalue weighted by Crippen LogP contribution is 2.00. The Morgan fingerprint density at radius 1 is 1.36 bits per heavy atom. The topological polar surface area (TPSA) is 101 Å². The largest absolute Gasteiger partial charge is 0.478 e. The van der Waals surface area contributed by atoms with E-state index < -0.39 is 29.9 Å². The van der Waals surface area contributed by atoms with Crippen LogP contribution >= 0.6 is 0 Å². The second kappa shape index (κ2) is 5.33. The molecule has 0 aromatic heterocycles. The van der Waals surface area contributed by atoms with E-state index in [0.717, 1.165) is 6.92 Å². The zero-order valence-electron chi connectivity index (χ0n) is 7.89. The van der Waals surface area contributed by atoms with Crippen LogP contribution < -0.4 is 0 Å². The lowest BCUT2D eigenvalue weighted by Crippen LogP contribution is -2.34. The molecule has 0 saturated carbocycles. The predicted octanol–water partition coefficient (Wildman–Crippen LogP) is -0.657. The van der Waals surface area contributed by atoms with E-state index in [0.29, 0.717) is 0 Å². The van der Waals surface area contributed by atoms with Crippen molar-refractivity contribution in [2.75, 3.05) is 0 Å². The Kier molecular flexibility index (Phi) is 4.79. The lowest BCUT2D eigenvalue weighted by atomic mass is 10.2. The van der Waals surface area contributed by atoms with Crippen LogP contribution in [0.5, 0.6) is 0 Å². The standard InChI is InChI=1S/C8H12O6/c1-4(9)3-6(11)14-7(5(2)10)8(12)13/h4,7,9H,3H2,1-2H3,(H,12,13). The lowest BCUT2D eigenvalue weighted by Gasteiger charge is -2.11. The first-order valence-electron chi connectivity index (χ1n) is 3.95. The number of carbonyl (C=O) groups excluding carboxylic acids is 2. The van der Waals surface area contributed by atoms with E-state index in [4.69, 9.17) is 10.2 Å². The predicted molar refractivity (Wildman–Crippen MR) is 44.5 cm³/mol. The third-order valence-electron chi connectivity index (χ3n) is 1.30. The molecule has 0 bridgehead atoms. The minimum Gasteiger partial charge on any atom is -0.478 e. The molecule has 0 aromatic carbocycles. The van der Waals surface area contributed by atoms with Gasteiger partial charge in [0.1, 0.15) is 0 Å². The number of hydrogen-bond donors (Lipinski definition) is 2. The Balaban J connectivity index is 4.24. The first kappa shape index (κ1) is 12.6. The summed E-state index contributed by atoms with van der Waals surface area (Å²) in [6, 6.07) is 0. The third kappa shape index (κ3) is 4.56. The quantitative estimate of drug-likeness (QED) is 0.455. The summed E-state index contributed by atoms with van der Waals surface area (Å²) in [6.45, 7) is 2.36.